The number of thioether (sulfide) groups is 1. The van der Waals surface area contributed by atoms with Crippen LogP contribution < -0.4 is 5.32 Å². The number of carbonyl (C=O) groups is 1. The minimum atomic E-state index is -0.510. The lowest BCUT2D eigenvalue weighted by Gasteiger charge is -2.32. The van der Waals surface area contributed by atoms with Gasteiger partial charge >= 0.3 is 0 Å². The van der Waals surface area contributed by atoms with Crippen LogP contribution in [0.25, 0.3) is 0 Å². The first-order valence-electron chi connectivity index (χ1n) is 8.27. The Hall–Kier alpha value is -1.78. The van der Waals surface area contributed by atoms with Gasteiger partial charge in [0.15, 0.2) is 0 Å². The Bertz CT molecular complexity index is 654. The average molecular weight is 343 g/mol. The van der Waals surface area contributed by atoms with Gasteiger partial charge in [-0.15, -0.1) is 11.8 Å². The molecule has 2 aromatic rings. The Labute approximate surface area is 148 Å². The average Bonchev–Trinajstić information content (AvgIpc) is 2.64. The molecule has 1 amide bonds. The fraction of sp³-hybridized carbons (Fsp3) is 0.350. The van der Waals surface area contributed by atoms with E-state index in [1.165, 1.54) is 0 Å². The highest BCUT2D eigenvalue weighted by Crippen LogP contribution is 2.28. The molecule has 1 atom stereocenters. The molecule has 3 nitrogen and oxygen atoms in total. The molecule has 0 heterocycles. The summed E-state index contributed by atoms with van der Waals surface area (Å²) in [6, 6.07) is 17.8. The van der Waals surface area contributed by atoms with Crippen molar-refractivity contribution in [3.05, 3.63) is 65.7 Å². The predicted octanol–water partition coefficient (Wildman–Crippen LogP) is 4.48. The number of amides is 1. The Morgan fingerprint density at radius 3 is 2.38 bits per heavy atom. The third-order valence-corrected chi connectivity index (χ3v) is 5.18. The van der Waals surface area contributed by atoms with Gasteiger partial charge in [0.2, 0.25) is 0 Å². The topological polar surface area (TPSA) is 38.3 Å². The standard InChI is InChI=1S/C20H25NO2S/c1-4-20(23-3,16-11-7-6-8-12-16)15-21-19(22)17-13-9-10-14-18(17)24-5-2/h6-14H,4-5,15H2,1-3H3,(H,21,22). The normalized spacial score (nSPS) is 13.3. The van der Waals surface area contributed by atoms with E-state index in [1.807, 2.05) is 54.6 Å². The van der Waals surface area contributed by atoms with Crippen LogP contribution >= 0.6 is 11.8 Å². The number of methoxy groups -OCH3 is 1. The number of nitrogens with one attached hydrogen (secondary N) is 1. The van der Waals surface area contributed by atoms with Gasteiger partial charge in [-0.1, -0.05) is 56.3 Å². The minimum Gasteiger partial charge on any atom is -0.372 e. The highest BCUT2D eigenvalue weighted by molar-refractivity contribution is 7.99. The van der Waals surface area contributed by atoms with Gasteiger partial charge in [0.1, 0.15) is 5.60 Å². The number of hydrogen-bond donors (Lipinski definition) is 1. The van der Waals surface area contributed by atoms with Crippen molar-refractivity contribution in [1.29, 1.82) is 0 Å². The third kappa shape index (κ3) is 4.19. The molecule has 0 aliphatic heterocycles. The summed E-state index contributed by atoms with van der Waals surface area (Å²) in [5.74, 6) is 0.878. The van der Waals surface area contributed by atoms with Crippen molar-refractivity contribution >= 4 is 17.7 Å². The molecule has 1 N–H and O–H groups in total. The minimum absolute atomic E-state index is 0.0580. The van der Waals surface area contributed by atoms with Crippen LogP contribution in [-0.4, -0.2) is 25.3 Å². The lowest BCUT2D eigenvalue weighted by atomic mass is 9.90. The fourth-order valence-electron chi connectivity index (χ4n) is 2.76. The molecular weight excluding hydrogens is 318 g/mol. The van der Waals surface area contributed by atoms with Crippen molar-refractivity contribution in [1.82, 2.24) is 5.32 Å². The van der Waals surface area contributed by atoms with E-state index in [0.29, 0.717) is 6.54 Å². The summed E-state index contributed by atoms with van der Waals surface area (Å²) < 4.78 is 5.82. The molecule has 0 radical (unpaired) electrons. The molecule has 2 aromatic carbocycles. The Kier molecular flexibility index (Phi) is 6.88. The molecule has 0 saturated carbocycles. The summed E-state index contributed by atoms with van der Waals surface area (Å²) in [4.78, 5) is 13.7. The summed E-state index contributed by atoms with van der Waals surface area (Å²) in [5, 5.41) is 3.06. The molecule has 128 valence electrons. The molecule has 0 aliphatic carbocycles. The Balaban J connectivity index is 2.17. The zero-order chi connectivity index (χ0) is 17.4. The van der Waals surface area contributed by atoms with Gasteiger partial charge in [0, 0.05) is 12.0 Å². The molecular formula is C20H25NO2S. The Morgan fingerprint density at radius 1 is 1.08 bits per heavy atom. The molecule has 1 unspecified atom stereocenters. The number of rotatable bonds is 8. The lowest BCUT2D eigenvalue weighted by Crippen LogP contribution is -2.42. The van der Waals surface area contributed by atoms with Gasteiger partial charge in [-0.2, -0.15) is 0 Å². The number of carbonyl (C=O) groups excluding carboxylic acids is 1. The van der Waals surface area contributed by atoms with Crippen molar-refractivity contribution in [2.75, 3.05) is 19.4 Å². The van der Waals surface area contributed by atoms with E-state index in [0.717, 1.165) is 28.2 Å². The number of benzene rings is 2. The number of ether oxygens (including phenoxy) is 1. The van der Waals surface area contributed by atoms with Crippen molar-refractivity contribution in [2.45, 2.75) is 30.8 Å². The second-order valence-electron chi connectivity index (χ2n) is 5.53. The van der Waals surface area contributed by atoms with Crippen LogP contribution in [0.15, 0.2) is 59.5 Å². The van der Waals surface area contributed by atoms with Gasteiger partial charge in [-0.25, -0.2) is 0 Å². The van der Waals surface area contributed by atoms with Gasteiger partial charge in [0.25, 0.3) is 5.91 Å². The smallest absolute Gasteiger partial charge is 0.252 e. The molecule has 0 aromatic heterocycles. The van der Waals surface area contributed by atoms with Gasteiger partial charge in [-0.05, 0) is 29.9 Å². The second kappa shape index (κ2) is 8.90. The van der Waals surface area contributed by atoms with Crippen LogP contribution in [0.2, 0.25) is 0 Å². The van der Waals surface area contributed by atoms with E-state index in [9.17, 15) is 4.79 Å². The van der Waals surface area contributed by atoms with Crippen molar-refractivity contribution < 1.29 is 9.53 Å². The van der Waals surface area contributed by atoms with Gasteiger partial charge in [0.05, 0.1) is 12.1 Å². The monoisotopic (exact) mass is 343 g/mol. The first kappa shape index (κ1) is 18.6. The van der Waals surface area contributed by atoms with E-state index in [1.54, 1.807) is 18.9 Å². The summed E-state index contributed by atoms with van der Waals surface area (Å²) in [6.45, 7) is 4.60. The highest BCUT2D eigenvalue weighted by atomic mass is 32.2. The third-order valence-electron chi connectivity index (χ3n) is 4.23. The van der Waals surface area contributed by atoms with Gasteiger partial charge < -0.3 is 10.1 Å². The van der Waals surface area contributed by atoms with Crippen LogP contribution in [0, 0.1) is 0 Å². The molecule has 0 spiro atoms. The maximum absolute atomic E-state index is 12.7. The molecule has 0 aliphatic rings. The molecule has 0 saturated heterocycles. The first-order valence-corrected chi connectivity index (χ1v) is 9.26. The molecule has 2 rings (SSSR count). The van der Waals surface area contributed by atoms with Crippen LogP contribution in [0.4, 0.5) is 0 Å². The summed E-state index contributed by atoms with van der Waals surface area (Å²) >= 11 is 1.68. The highest BCUT2D eigenvalue weighted by Gasteiger charge is 2.30. The maximum atomic E-state index is 12.7. The van der Waals surface area contributed by atoms with Crippen LogP contribution in [0.1, 0.15) is 36.2 Å². The van der Waals surface area contributed by atoms with E-state index < -0.39 is 5.60 Å². The quantitative estimate of drug-likeness (QED) is 0.718. The maximum Gasteiger partial charge on any atom is 0.252 e. The van der Waals surface area contributed by atoms with Crippen molar-refractivity contribution in [2.24, 2.45) is 0 Å². The van der Waals surface area contributed by atoms with E-state index in [2.05, 4.69) is 19.2 Å². The van der Waals surface area contributed by atoms with E-state index in [4.69, 9.17) is 4.74 Å². The van der Waals surface area contributed by atoms with Crippen LogP contribution in [0.3, 0.4) is 0 Å². The second-order valence-corrected chi connectivity index (χ2v) is 6.84. The van der Waals surface area contributed by atoms with Crippen LogP contribution in [0.5, 0.6) is 0 Å². The molecule has 4 heteroatoms. The van der Waals surface area contributed by atoms with E-state index in [-0.39, 0.29) is 5.91 Å². The van der Waals surface area contributed by atoms with Crippen molar-refractivity contribution in [3.8, 4) is 0 Å². The molecule has 24 heavy (non-hydrogen) atoms. The SMILES string of the molecule is CCSc1ccccc1C(=O)NCC(CC)(OC)c1ccccc1. The van der Waals surface area contributed by atoms with Crippen LogP contribution in [-0.2, 0) is 10.3 Å². The first-order chi connectivity index (χ1) is 11.7. The molecule has 0 bridgehead atoms. The van der Waals surface area contributed by atoms with Gasteiger partial charge in [-0.3, -0.25) is 4.79 Å². The Morgan fingerprint density at radius 2 is 1.75 bits per heavy atom. The van der Waals surface area contributed by atoms with E-state index >= 15 is 0 Å². The zero-order valence-corrected chi connectivity index (χ0v) is 15.4. The lowest BCUT2D eigenvalue weighted by molar-refractivity contribution is -0.0164. The fourth-order valence-corrected chi connectivity index (χ4v) is 3.56. The largest absolute Gasteiger partial charge is 0.372 e. The summed E-state index contributed by atoms with van der Waals surface area (Å²) in [6.07, 6.45) is 0.777. The summed E-state index contributed by atoms with van der Waals surface area (Å²) in [7, 11) is 1.70. The van der Waals surface area contributed by atoms with Crippen molar-refractivity contribution in [3.63, 3.8) is 0 Å². The summed E-state index contributed by atoms with van der Waals surface area (Å²) in [5.41, 5.74) is 1.29. The predicted molar refractivity (Wildman–Crippen MR) is 101 cm³/mol. The zero-order valence-electron chi connectivity index (χ0n) is 14.5. The number of hydrogen-bond acceptors (Lipinski definition) is 3. The molecule has 0 fully saturated rings.